The summed E-state index contributed by atoms with van der Waals surface area (Å²) in [5.74, 6) is 0.00325. The fourth-order valence-electron chi connectivity index (χ4n) is 1.03. The molecule has 72 valence electrons. The number of hydrogen-bond acceptors (Lipinski definition) is 3. The summed E-state index contributed by atoms with van der Waals surface area (Å²) in [6, 6.07) is 7.05. The van der Waals surface area contributed by atoms with Crippen LogP contribution in [-0.2, 0) is 0 Å². The van der Waals surface area contributed by atoms with Gasteiger partial charge in [0.15, 0.2) is 0 Å². The van der Waals surface area contributed by atoms with Gasteiger partial charge in [0.1, 0.15) is 6.10 Å². The molecule has 1 aromatic rings. The number of benzene rings is 1. The third-order valence-corrected chi connectivity index (χ3v) is 2.50. The molecular formula is C9H11ClO2S. The second kappa shape index (κ2) is 4.86. The minimum atomic E-state index is -0.966. The molecule has 0 radical (unpaired) electrons. The lowest BCUT2D eigenvalue weighted by atomic mass is 10.1. The van der Waals surface area contributed by atoms with Gasteiger partial charge in [-0.05, 0) is 11.6 Å². The molecular weight excluding hydrogens is 208 g/mol. The second-order valence-electron chi connectivity index (χ2n) is 2.73. The summed E-state index contributed by atoms with van der Waals surface area (Å²) in [5.41, 5.74) is 0.596. The summed E-state index contributed by atoms with van der Waals surface area (Å²) in [7, 11) is 0. The Labute approximate surface area is 87.6 Å². The largest absolute Gasteiger partial charge is 0.389 e. The second-order valence-corrected chi connectivity index (χ2v) is 3.52. The lowest BCUT2D eigenvalue weighted by Crippen LogP contribution is -2.20. The molecule has 0 aliphatic heterocycles. The van der Waals surface area contributed by atoms with Crippen LogP contribution in [0.1, 0.15) is 11.7 Å². The molecule has 13 heavy (non-hydrogen) atoms. The van der Waals surface area contributed by atoms with E-state index in [0.29, 0.717) is 10.5 Å². The summed E-state index contributed by atoms with van der Waals surface area (Å²) in [4.78, 5) is 0.652. The molecule has 1 rings (SSSR count). The van der Waals surface area contributed by atoms with Crippen molar-refractivity contribution in [2.75, 3.05) is 5.88 Å². The highest BCUT2D eigenvalue weighted by atomic mass is 35.5. The zero-order chi connectivity index (χ0) is 9.84. The first-order chi connectivity index (χ1) is 6.16. The van der Waals surface area contributed by atoms with E-state index < -0.39 is 12.2 Å². The summed E-state index contributed by atoms with van der Waals surface area (Å²) >= 11 is 9.57. The molecule has 1 aromatic carbocycles. The van der Waals surface area contributed by atoms with E-state index in [1.54, 1.807) is 18.2 Å². The maximum Gasteiger partial charge on any atom is 0.107 e. The molecule has 0 heterocycles. The molecule has 2 unspecified atom stereocenters. The van der Waals surface area contributed by atoms with E-state index in [2.05, 4.69) is 12.6 Å². The Morgan fingerprint density at radius 3 is 2.46 bits per heavy atom. The van der Waals surface area contributed by atoms with Crippen LogP contribution in [0.3, 0.4) is 0 Å². The first-order valence-corrected chi connectivity index (χ1v) is 4.85. The monoisotopic (exact) mass is 218 g/mol. The molecule has 0 aliphatic carbocycles. The average molecular weight is 219 g/mol. The zero-order valence-corrected chi connectivity index (χ0v) is 8.54. The van der Waals surface area contributed by atoms with Gasteiger partial charge < -0.3 is 10.2 Å². The Morgan fingerprint density at radius 1 is 1.31 bits per heavy atom. The van der Waals surface area contributed by atoms with E-state index in [-0.39, 0.29) is 5.88 Å². The first kappa shape index (κ1) is 10.9. The molecule has 0 bridgehead atoms. The lowest BCUT2D eigenvalue weighted by molar-refractivity contribution is 0.0311. The molecule has 0 saturated carbocycles. The third-order valence-electron chi connectivity index (χ3n) is 1.78. The van der Waals surface area contributed by atoms with E-state index >= 15 is 0 Å². The Balaban J connectivity index is 2.88. The third kappa shape index (κ3) is 2.61. The molecule has 2 nitrogen and oxygen atoms in total. The van der Waals surface area contributed by atoms with Gasteiger partial charge >= 0.3 is 0 Å². The van der Waals surface area contributed by atoms with Crippen LogP contribution in [0.4, 0.5) is 0 Å². The SMILES string of the molecule is OC(CCl)C(O)c1ccccc1S. The average Bonchev–Trinajstić information content (AvgIpc) is 2.16. The van der Waals surface area contributed by atoms with Crippen molar-refractivity contribution in [1.29, 1.82) is 0 Å². The molecule has 2 atom stereocenters. The van der Waals surface area contributed by atoms with Gasteiger partial charge in [-0.3, -0.25) is 0 Å². The van der Waals surface area contributed by atoms with Crippen molar-refractivity contribution in [2.24, 2.45) is 0 Å². The summed E-state index contributed by atoms with van der Waals surface area (Å²) < 4.78 is 0. The van der Waals surface area contributed by atoms with Gasteiger partial charge in [0.25, 0.3) is 0 Å². The van der Waals surface area contributed by atoms with E-state index in [9.17, 15) is 10.2 Å². The van der Waals surface area contributed by atoms with Crippen LogP contribution in [0.15, 0.2) is 29.2 Å². The van der Waals surface area contributed by atoms with Crippen molar-refractivity contribution in [3.63, 3.8) is 0 Å². The maximum absolute atomic E-state index is 9.59. The molecule has 0 amide bonds. The van der Waals surface area contributed by atoms with Gasteiger partial charge in [0.05, 0.1) is 12.0 Å². The number of alkyl halides is 1. The van der Waals surface area contributed by atoms with E-state index in [0.717, 1.165) is 0 Å². The van der Waals surface area contributed by atoms with Gasteiger partial charge in [0.2, 0.25) is 0 Å². The Bertz CT molecular complexity index is 280. The highest BCUT2D eigenvalue weighted by Gasteiger charge is 2.18. The molecule has 0 aliphatic rings. The highest BCUT2D eigenvalue weighted by molar-refractivity contribution is 7.80. The molecule has 4 heteroatoms. The van der Waals surface area contributed by atoms with Crippen molar-refractivity contribution in [2.45, 2.75) is 17.1 Å². The van der Waals surface area contributed by atoms with Gasteiger partial charge in [-0.15, -0.1) is 24.2 Å². The zero-order valence-electron chi connectivity index (χ0n) is 6.89. The minimum absolute atomic E-state index is 0.00325. The van der Waals surface area contributed by atoms with Crippen LogP contribution in [0.5, 0.6) is 0 Å². The quantitative estimate of drug-likeness (QED) is 0.533. The fraction of sp³-hybridized carbons (Fsp3) is 0.333. The fourth-order valence-corrected chi connectivity index (χ4v) is 1.49. The topological polar surface area (TPSA) is 40.5 Å². The van der Waals surface area contributed by atoms with Gasteiger partial charge in [-0.25, -0.2) is 0 Å². The van der Waals surface area contributed by atoms with Crippen LogP contribution in [-0.4, -0.2) is 22.2 Å². The molecule has 2 N–H and O–H groups in total. The first-order valence-electron chi connectivity index (χ1n) is 3.86. The molecule has 0 aromatic heterocycles. The van der Waals surface area contributed by atoms with Crippen molar-refractivity contribution in [3.8, 4) is 0 Å². The molecule has 0 fully saturated rings. The van der Waals surface area contributed by atoms with Crippen molar-refractivity contribution in [3.05, 3.63) is 29.8 Å². The Hall–Kier alpha value is -0.220. The predicted octanol–water partition coefficient (Wildman–Crippen LogP) is 1.61. The Kier molecular flexibility index (Phi) is 4.06. The van der Waals surface area contributed by atoms with Crippen LogP contribution < -0.4 is 0 Å². The van der Waals surface area contributed by atoms with Gasteiger partial charge in [0, 0.05) is 4.90 Å². The van der Waals surface area contributed by atoms with Crippen LogP contribution in [0.25, 0.3) is 0 Å². The van der Waals surface area contributed by atoms with Crippen LogP contribution >= 0.6 is 24.2 Å². The molecule has 0 spiro atoms. The van der Waals surface area contributed by atoms with Crippen molar-refractivity contribution >= 4 is 24.2 Å². The van der Waals surface area contributed by atoms with E-state index in [1.807, 2.05) is 6.07 Å². The Morgan fingerprint density at radius 2 is 1.92 bits per heavy atom. The maximum atomic E-state index is 9.59. The summed E-state index contributed by atoms with van der Waals surface area (Å²) in [6.45, 7) is 0. The summed E-state index contributed by atoms with van der Waals surface area (Å²) in [6.07, 6.45) is -1.92. The summed E-state index contributed by atoms with van der Waals surface area (Å²) in [5, 5.41) is 18.9. The van der Waals surface area contributed by atoms with Crippen LogP contribution in [0.2, 0.25) is 0 Å². The number of halogens is 1. The highest BCUT2D eigenvalue weighted by Crippen LogP contribution is 2.23. The minimum Gasteiger partial charge on any atom is -0.389 e. The number of hydrogen-bond donors (Lipinski definition) is 3. The van der Waals surface area contributed by atoms with Gasteiger partial charge in [-0.2, -0.15) is 0 Å². The van der Waals surface area contributed by atoms with Crippen molar-refractivity contribution in [1.82, 2.24) is 0 Å². The number of rotatable bonds is 3. The standard InChI is InChI=1S/C9H11ClO2S/c10-5-7(11)9(12)6-3-1-2-4-8(6)13/h1-4,7,9,11-13H,5H2. The number of aliphatic hydroxyl groups is 2. The smallest absolute Gasteiger partial charge is 0.107 e. The van der Waals surface area contributed by atoms with E-state index in [4.69, 9.17) is 11.6 Å². The predicted molar refractivity (Wildman–Crippen MR) is 55.4 cm³/mol. The normalized spacial score (nSPS) is 15.4. The lowest BCUT2D eigenvalue weighted by Gasteiger charge is -2.16. The van der Waals surface area contributed by atoms with Gasteiger partial charge in [-0.1, -0.05) is 18.2 Å². The molecule has 0 saturated heterocycles. The van der Waals surface area contributed by atoms with E-state index in [1.165, 1.54) is 0 Å². The van der Waals surface area contributed by atoms with Crippen molar-refractivity contribution < 1.29 is 10.2 Å². The number of aliphatic hydroxyl groups excluding tert-OH is 2. The van der Waals surface area contributed by atoms with Crippen LogP contribution in [0, 0.1) is 0 Å². The number of thiol groups is 1.